The molecule has 0 spiro atoms. The van der Waals surface area contributed by atoms with Crippen LogP contribution in [0, 0.1) is 11.6 Å². The molecule has 1 fully saturated rings. The Labute approximate surface area is 142 Å². The van der Waals surface area contributed by atoms with Crippen molar-refractivity contribution in [3.63, 3.8) is 0 Å². The van der Waals surface area contributed by atoms with E-state index in [1.54, 1.807) is 4.90 Å². The molecule has 0 saturated carbocycles. The number of hydrogen-bond acceptors (Lipinski definition) is 4. The third kappa shape index (κ3) is 3.80. The highest BCUT2D eigenvalue weighted by atomic mass is 32.1. The molecule has 1 saturated heterocycles. The Hall–Kier alpha value is -1.83. The molecule has 1 aliphatic heterocycles. The number of aliphatic hydroxyl groups is 1. The summed E-state index contributed by atoms with van der Waals surface area (Å²) in [6, 6.07) is 6.79. The largest absolute Gasteiger partial charge is 0.386 e. The number of thiophene rings is 1. The molecule has 128 valence electrons. The van der Waals surface area contributed by atoms with Crippen LogP contribution in [0.15, 0.2) is 35.7 Å². The highest BCUT2D eigenvalue weighted by Gasteiger charge is 2.25. The van der Waals surface area contributed by atoms with Crippen LogP contribution in [0.2, 0.25) is 0 Å². The zero-order valence-corrected chi connectivity index (χ0v) is 13.8. The highest BCUT2D eigenvalue weighted by Crippen LogP contribution is 2.21. The van der Waals surface area contributed by atoms with Gasteiger partial charge >= 0.3 is 0 Å². The van der Waals surface area contributed by atoms with Crippen LogP contribution in [0.5, 0.6) is 0 Å². The zero-order chi connectivity index (χ0) is 17.1. The van der Waals surface area contributed by atoms with Crippen molar-refractivity contribution in [2.45, 2.75) is 6.10 Å². The minimum Gasteiger partial charge on any atom is -0.386 e. The summed E-state index contributed by atoms with van der Waals surface area (Å²) in [5, 5.41) is 12.1. The lowest BCUT2D eigenvalue weighted by molar-refractivity contribution is 0.0529. The van der Waals surface area contributed by atoms with E-state index in [1.807, 2.05) is 17.5 Å². The van der Waals surface area contributed by atoms with Crippen molar-refractivity contribution in [1.29, 1.82) is 0 Å². The predicted molar refractivity (Wildman–Crippen MR) is 88.0 cm³/mol. The van der Waals surface area contributed by atoms with Gasteiger partial charge in [0.25, 0.3) is 5.91 Å². The molecule has 1 atom stereocenters. The monoisotopic (exact) mass is 352 g/mol. The number of rotatable bonds is 4. The van der Waals surface area contributed by atoms with Crippen LogP contribution in [0.4, 0.5) is 8.78 Å². The minimum absolute atomic E-state index is 0.108. The van der Waals surface area contributed by atoms with Gasteiger partial charge in [0.1, 0.15) is 17.7 Å². The quantitative estimate of drug-likeness (QED) is 0.920. The number of hydrogen-bond donors (Lipinski definition) is 1. The molecule has 2 aromatic rings. The fourth-order valence-electron chi connectivity index (χ4n) is 2.78. The first-order valence-corrected chi connectivity index (χ1v) is 8.60. The topological polar surface area (TPSA) is 43.8 Å². The molecule has 1 aliphatic rings. The molecule has 4 nitrogen and oxygen atoms in total. The number of carbonyl (C=O) groups excluding carboxylic acids is 1. The van der Waals surface area contributed by atoms with Gasteiger partial charge in [-0.1, -0.05) is 6.07 Å². The maximum Gasteiger partial charge on any atom is 0.256 e. The first kappa shape index (κ1) is 17.0. The van der Waals surface area contributed by atoms with E-state index in [1.165, 1.54) is 17.4 Å². The number of benzene rings is 1. The predicted octanol–water partition coefficient (Wildman–Crippen LogP) is 2.52. The van der Waals surface area contributed by atoms with Gasteiger partial charge in [0, 0.05) is 43.7 Å². The molecular weight excluding hydrogens is 334 g/mol. The van der Waals surface area contributed by atoms with Crippen LogP contribution >= 0.6 is 11.3 Å². The van der Waals surface area contributed by atoms with Gasteiger partial charge in [0.15, 0.2) is 0 Å². The second kappa shape index (κ2) is 7.38. The van der Waals surface area contributed by atoms with E-state index in [9.17, 15) is 18.7 Å². The molecule has 1 N–H and O–H groups in total. The summed E-state index contributed by atoms with van der Waals surface area (Å²) in [5.41, 5.74) is -0.108. The average molecular weight is 352 g/mol. The standard InChI is InChI=1S/C17H18F2N2O2S/c18-12-3-4-13(14(19)10-12)17(23)21-7-5-20(6-8-21)11-15(22)16-2-1-9-24-16/h1-4,9-10,15,22H,5-8,11H2/t15-/m0/s1. The van der Waals surface area contributed by atoms with E-state index in [4.69, 9.17) is 0 Å². The minimum atomic E-state index is -0.837. The molecule has 24 heavy (non-hydrogen) atoms. The van der Waals surface area contributed by atoms with E-state index in [2.05, 4.69) is 4.90 Å². The summed E-state index contributed by atoms with van der Waals surface area (Å²) in [6.45, 7) is 2.63. The number of carbonyl (C=O) groups is 1. The van der Waals surface area contributed by atoms with Crippen LogP contribution in [-0.2, 0) is 0 Å². The normalized spacial score (nSPS) is 17.0. The fourth-order valence-corrected chi connectivity index (χ4v) is 3.49. The van der Waals surface area contributed by atoms with Gasteiger partial charge < -0.3 is 10.0 Å². The van der Waals surface area contributed by atoms with Crippen molar-refractivity contribution in [1.82, 2.24) is 9.80 Å². The molecule has 0 radical (unpaired) electrons. The Morgan fingerprint density at radius 1 is 1.21 bits per heavy atom. The van der Waals surface area contributed by atoms with Crippen molar-refractivity contribution >= 4 is 17.2 Å². The molecule has 1 amide bonds. The third-order valence-corrected chi connectivity index (χ3v) is 5.10. The van der Waals surface area contributed by atoms with E-state index in [-0.39, 0.29) is 5.56 Å². The van der Waals surface area contributed by atoms with Gasteiger partial charge in [0.2, 0.25) is 0 Å². The lowest BCUT2D eigenvalue weighted by Crippen LogP contribution is -2.49. The molecule has 0 unspecified atom stereocenters. The Kier molecular flexibility index (Phi) is 5.23. The van der Waals surface area contributed by atoms with Crippen molar-refractivity contribution in [2.24, 2.45) is 0 Å². The van der Waals surface area contributed by atoms with Gasteiger partial charge in [-0.05, 0) is 23.6 Å². The van der Waals surface area contributed by atoms with Crippen LogP contribution < -0.4 is 0 Å². The second-order valence-corrected chi connectivity index (χ2v) is 6.73. The summed E-state index contributed by atoms with van der Waals surface area (Å²) in [7, 11) is 0. The molecule has 1 aromatic heterocycles. The van der Waals surface area contributed by atoms with E-state index >= 15 is 0 Å². The second-order valence-electron chi connectivity index (χ2n) is 5.75. The summed E-state index contributed by atoms with van der Waals surface area (Å²) < 4.78 is 26.7. The number of halogens is 2. The molecule has 2 heterocycles. The molecule has 3 rings (SSSR count). The van der Waals surface area contributed by atoms with E-state index in [0.717, 1.165) is 17.0 Å². The van der Waals surface area contributed by atoms with Crippen LogP contribution in [0.3, 0.4) is 0 Å². The first-order chi connectivity index (χ1) is 11.5. The van der Waals surface area contributed by atoms with Crippen molar-refractivity contribution < 1.29 is 18.7 Å². The summed E-state index contributed by atoms with van der Waals surface area (Å²) in [4.78, 5) is 16.9. The maximum absolute atomic E-state index is 13.7. The molecule has 7 heteroatoms. The van der Waals surface area contributed by atoms with Gasteiger partial charge in [-0.25, -0.2) is 8.78 Å². The number of β-amino-alcohol motifs (C(OH)–C–C–N with tert-alkyl or cyclic N) is 1. The summed E-state index contributed by atoms with van der Waals surface area (Å²) in [5.74, 6) is -1.96. The van der Waals surface area contributed by atoms with E-state index in [0.29, 0.717) is 32.7 Å². The SMILES string of the molecule is O=C(c1ccc(F)cc1F)N1CCN(C[C@H](O)c2cccs2)CC1. The van der Waals surface area contributed by atoms with E-state index < -0.39 is 23.6 Å². The smallest absolute Gasteiger partial charge is 0.256 e. The summed E-state index contributed by atoms with van der Waals surface area (Å²) in [6.07, 6.45) is -0.540. The van der Waals surface area contributed by atoms with Gasteiger partial charge in [-0.2, -0.15) is 0 Å². The highest BCUT2D eigenvalue weighted by molar-refractivity contribution is 7.10. The molecule has 0 aliphatic carbocycles. The molecule has 0 bridgehead atoms. The van der Waals surface area contributed by atoms with Crippen LogP contribution in [0.1, 0.15) is 21.3 Å². The van der Waals surface area contributed by atoms with Gasteiger partial charge in [-0.15, -0.1) is 11.3 Å². The Morgan fingerprint density at radius 3 is 2.58 bits per heavy atom. The van der Waals surface area contributed by atoms with Crippen LogP contribution in [-0.4, -0.2) is 53.5 Å². The number of aliphatic hydroxyl groups excluding tert-OH is 1. The molecular formula is C17H18F2N2O2S. The summed E-state index contributed by atoms with van der Waals surface area (Å²) >= 11 is 1.51. The maximum atomic E-state index is 13.7. The van der Waals surface area contributed by atoms with Crippen molar-refractivity contribution in [3.8, 4) is 0 Å². The van der Waals surface area contributed by atoms with Crippen LogP contribution in [0.25, 0.3) is 0 Å². The van der Waals surface area contributed by atoms with Gasteiger partial charge in [-0.3, -0.25) is 9.69 Å². The number of amides is 1. The molecule has 1 aromatic carbocycles. The van der Waals surface area contributed by atoms with Crippen molar-refractivity contribution in [3.05, 3.63) is 57.8 Å². The first-order valence-electron chi connectivity index (χ1n) is 7.73. The van der Waals surface area contributed by atoms with Gasteiger partial charge in [0.05, 0.1) is 5.56 Å². The lowest BCUT2D eigenvalue weighted by Gasteiger charge is -2.35. The van der Waals surface area contributed by atoms with Crippen molar-refractivity contribution in [2.75, 3.05) is 32.7 Å². The number of nitrogens with zero attached hydrogens (tertiary/aromatic N) is 2. The Bertz CT molecular complexity index is 701. The third-order valence-electron chi connectivity index (χ3n) is 4.12. The lowest BCUT2D eigenvalue weighted by atomic mass is 10.1. The Morgan fingerprint density at radius 2 is 1.96 bits per heavy atom. The Balaban J connectivity index is 1.55. The zero-order valence-electron chi connectivity index (χ0n) is 13.0. The average Bonchev–Trinajstić information content (AvgIpc) is 3.09. The fraction of sp³-hybridized carbons (Fsp3) is 0.353. The number of piperazine rings is 1.